The SMILES string of the molecule is CCc1cc(CCl)cc(N(C)Cc2cccc(Cl)c2)n1. The van der Waals surface area contributed by atoms with Gasteiger partial charge in [-0.15, -0.1) is 11.6 Å². The maximum atomic E-state index is 6.02. The molecule has 0 aliphatic heterocycles. The van der Waals surface area contributed by atoms with E-state index in [-0.39, 0.29) is 0 Å². The van der Waals surface area contributed by atoms with Crippen LogP contribution >= 0.6 is 23.2 Å². The highest BCUT2D eigenvalue weighted by atomic mass is 35.5. The molecule has 0 aliphatic carbocycles. The number of hydrogen-bond donors (Lipinski definition) is 0. The van der Waals surface area contributed by atoms with Crippen molar-refractivity contribution in [3.05, 3.63) is 58.2 Å². The highest BCUT2D eigenvalue weighted by Crippen LogP contribution is 2.19. The Morgan fingerprint density at radius 1 is 1.15 bits per heavy atom. The molecule has 0 atom stereocenters. The number of benzene rings is 1. The first kappa shape index (κ1) is 15.1. The fourth-order valence-electron chi connectivity index (χ4n) is 2.08. The zero-order chi connectivity index (χ0) is 14.5. The summed E-state index contributed by atoms with van der Waals surface area (Å²) in [6, 6.07) is 12.0. The smallest absolute Gasteiger partial charge is 0.129 e. The molecule has 20 heavy (non-hydrogen) atoms. The van der Waals surface area contributed by atoms with E-state index in [0.29, 0.717) is 5.88 Å². The van der Waals surface area contributed by atoms with Gasteiger partial charge in [-0.2, -0.15) is 0 Å². The lowest BCUT2D eigenvalue weighted by Gasteiger charge is -2.20. The molecule has 0 bridgehead atoms. The fraction of sp³-hybridized carbons (Fsp3) is 0.312. The topological polar surface area (TPSA) is 16.1 Å². The minimum Gasteiger partial charge on any atom is -0.355 e. The molecule has 0 fully saturated rings. The van der Waals surface area contributed by atoms with Crippen LogP contribution in [0, 0.1) is 0 Å². The summed E-state index contributed by atoms with van der Waals surface area (Å²) in [5.41, 5.74) is 3.33. The third kappa shape index (κ3) is 3.87. The van der Waals surface area contributed by atoms with E-state index in [9.17, 15) is 0 Å². The zero-order valence-corrected chi connectivity index (χ0v) is 13.2. The quantitative estimate of drug-likeness (QED) is 0.746. The van der Waals surface area contributed by atoms with Crippen LogP contribution < -0.4 is 4.90 Å². The van der Waals surface area contributed by atoms with Crippen molar-refractivity contribution < 1.29 is 0 Å². The lowest BCUT2D eigenvalue weighted by molar-refractivity contribution is 0.880. The van der Waals surface area contributed by atoms with Gasteiger partial charge in [0.2, 0.25) is 0 Å². The summed E-state index contributed by atoms with van der Waals surface area (Å²) in [7, 11) is 2.03. The molecule has 0 unspecified atom stereocenters. The van der Waals surface area contributed by atoms with Gasteiger partial charge in [-0.25, -0.2) is 4.98 Å². The van der Waals surface area contributed by atoms with Crippen molar-refractivity contribution in [1.82, 2.24) is 4.98 Å². The number of aryl methyl sites for hydroxylation is 1. The number of nitrogens with zero attached hydrogens (tertiary/aromatic N) is 2. The Bertz CT molecular complexity index is 562. The highest BCUT2D eigenvalue weighted by Gasteiger charge is 2.07. The highest BCUT2D eigenvalue weighted by molar-refractivity contribution is 6.30. The second-order valence-electron chi connectivity index (χ2n) is 4.80. The number of alkyl halides is 1. The van der Waals surface area contributed by atoms with E-state index in [1.807, 2.05) is 31.3 Å². The zero-order valence-electron chi connectivity index (χ0n) is 11.7. The van der Waals surface area contributed by atoms with Crippen molar-refractivity contribution in [2.24, 2.45) is 0 Å². The molecular formula is C16H18Cl2N2. The van der Waals surface area contributed by atoms with Crippen LogP contribution in [0.15, 0.2) is 36.4 Å². The van der Waals surface area contributed by atoms with Crippen molar-refractivity contribution >= 4 is 29.0 Å². The molecule has 0 spiro atoms. The van der Waals surface area contributed by atoms with Crippen molar-refractivity contribution in [2.75, 3.05) is 11.9 Å². The number of anilines is 1. The minimum absolute atomic E-state index is 0.507. The lowest BCUT2D eigenvalue weighted by atomic mass is 10.2. The molecule has 0 saturated carbocycles. The average molecular weight is 309 g/mol. The first-order valence-electron chi connectivity index (χ1n) is 6.63. The maximum absolute atomic E-state index is 6.02. The molecule has 0 radical (unpaired) electrons. The van der Waals surface area contributed by atoms with Crippen molar-refractivity contribution in [3.63, 3.8) is 0 Å². The Kier molecular flexibility index (Phi) is 5.27. The molecule has 0 aliphatic rings. The summed E-state index contributed by atoms with van der Waals surface area (Å²) >= 11 is 12.0. The van der Waals surface area contributed by atoms with E-state index in [1.54, 1.807) is 0 Å². The summed E-state index contributed by atoms with van der Waals surface area (Å²) in [6.07, 6.45) is 0.905. The number of hydrogen-bond acceptors (Lipinski definition) is 2. The van der Waals surface area contributed by atoms with Gasteiger partial charge in [0.25, 0.3) is 0 Å². The van der Waals surface area contributed by atoms with Crippen LogP contribution in [0.1, 0.15) is 23.7 Å². The van der Waals surface area contributed by atoms with Crippen LogP contribution in [0.25, 0.3) is 0 Å². The summed E-state index contributed by atoms with van der Waals surface area (Å²) in [6.45, 7) is 2.86. The normalized spacial score (nSPS) is 10.6. The standard InChI is InChI=1S/C16H18Cl2N2/c1-3-15-8-13(10-17)9-16(19-15)20(2)11-12-5-4-6-14(18)7-12/h4-9H,3,10-11H2,1-2H3. The Morgan fingerprint density at radius 2 is 1.95 bits per heavy atom. The van der Waals surface area contributed by atoms with Gasteiger partial charge in [0, 0.05) is 30.2 Å². The van der Waals surface area contributed by atoms with E-state index in [2.05, 4.69) is 28.9 Å². The lowest BCUT2D eigenvalue weighted by Crippen LogP contribution is -2.18. The van der Waals surface area contributed by atoms with Gasteiger partial charge >= 0.3 is 0 Å². The van der Waals surface area contributed by atoms with Crippen LogP contribution in [-0.2, 0) is 18.8 Å². The minimum atomic E-state index is 0.507. The molecule has 2 aromatic rings. The first-order valence-corrected chi connectivity index (χ1v) is 7.55. The van der Waals surface area contributed by atoms with E-state index >= 15 is 0 Å². The molecule has 2 nitrogen and oxygen atoms in total. The van der Waals surface area contributed by atoms with Gasteiger partial charge in [0.1, 0.15) is 5.82 Å². The van der Waals surface area contributed by atoms with Gasteiger partial charge in [0.15, 0.2) is 0 Å². The predicted octanol–water partition coefficient (Wildman–Crippen LogP) is 4.67. The van der Waals surface area contributed by atoms with Crippen molar-refractivity contribution in [2.45, 2.75) is 25.8 Å². The molecule has 0 saturated heterocycles. The van der Waals surface area contributed by atoms with Gasteiger partial charge in [-0.05, 0) is 41.8 Å². The van der Waals surface area contributed by atoms with E-state index in [1.165, 1.54) is 0 Å². The molecule has 0 N–H and O–H groups in total. The summed E-state index contributed by atoms with van der Waals surface area (Å²) in [4.78, 5) is 6.76. The van der Waals surface area contributed by atoms with Gasteiger partial charge in [-0.1, -0.05) is 30.7 Å². The second kappa shape index (κ2) is 6.96. The molecule has 1 aromatic carbocycles. The molecule has 106 valence electrons. The molecular weight excluding hydrogens is 291 g/mol. The summed E-state index contributed by atoms with van der Waals surface area (Å²) in [5, 5.41) is 0.757. The van der Waals surface area contributed by atoms with Crippen LogP contribution in [0.5, 0.6) is 0 Å². The number of aromatic nitrogens is 1. The van der Waals surface area contributed by atoms with Gasteiger partial charge < -0.3 is 4.90 Å². The van der Waals surface area contributed by atoms with Crippen LogP contribution in [0.3, 0.4) is 0 Å². The van der Waals surface area contributed by atoms with Gasteiger partial charge in [-0.3, -0.25) is 0 Å². The fourth-order valence-corrected chi connectivity index (χ4v) is 2.44. The maximum Gasteiger partial charge on any atom is 0.129 e. The molecule has 2 rings (SSSR count). The third-order valence-electron chi connectivity index (χ3n) is 3.14. The number of rotatable bonds is 5. The van der Waals surface area contributed by atoms with E-state index in [4.69, 9.17) is 23.2 Å². The number of halogens is 2. The molecule has 0 amide bonds. The number of pyridine rings is 1. The van der Waals surface area contributed by atoms with Crippen LogP contribution in [0.2, 0.25) is 5.02 Å². The van der Waals surface area contributed by atoms with E-state index < -0.39 is 0 Å². The Hall–Kier alpha value is -1.25. The third-order valence-corrected chi connectivity index (χ3v) is 3.68. The summed E-state index contributed by atoms with van der Waals surface area (Å²) < 4.78 is 0. The average Bonchev–Trinajstić information content (AvgIpc) is 2.46. The van der Waals surface area contributed by atoms with Crippen LogP contribution in [-0.4, -0.2) is 12.0 Å². The predicted molar refractivity (Wildman–Crippen MR) is 86.7 cm³/mol. The van der Waals surface area contributed by atoms with Crippen LogP contribution in [0.4, 0.5) is 5.82 Å². The second-order valence-corrected chi connectivity index (χ2v) is 5.50. The molecule has 4 heteroatoms. The Balaban J connectivity index is 2.22. The first-order chi connectivity index (χ1) is 9.62. The Morgan fingerprint density at radius 3 is 2.60 bits per heavy atom. The van der Waals surface area contributed by atoms with Gasteiger partial charge in [0.05, 0.1) is 0 Å². The van der Waals surface area contributed by atoms with Crippen molar-refractivity contribution in [3.8, 4) is 0 Å². The Labute approximate surface area is 130 Å². The summed E-state index contributed by atoms with van der Waals surface area (Å²) in [5.74, 6) is 1.45. The van der Waals surface area contributed by atoms with E-state index in [0.717, 1.165) is 40.6 Å². The molecule has 1 heterocycles. The largest absolute Gasteiger partial charge is 0.355 e. The molecule has 1 aromatic heterocycles. The van der Waals surface area contributed by atoms with Crippen molar-refractivity contribution in [1.29, 1.82) is 0 Å². The monoisotopic (exact) mass is 308 g/mol.